The van der Waals surface area contributed by atoms with Crippen LogP contribution in [-0.4, -0.2) is 21.6 Å². The van der Waals surface area contributed by atoms with E-state index in [-0.39, 0.29) is 17.2 Å². The minimum atomic E-state index is -0.187. The normalized spacial score (nSPS) is 11.0. The van der Waals surface area contributed by atoms with Gasteiger partial charge in [-0.15, -0.1) is 11.3 Å². The summed E-state index contributed by atoms with van der Waals surface area (Å²) in [6.45, 7) is 4.00. The molecule has 0 aliphatic heterocycles. The van der Waals surface area contributed by atoms with Gasteiger partial charge in [0.05, 0.1) is 11.1 Å². The Balaban J connectivity index is 1.51. The summed E-state index contributed by atoms with van der Waals surface area (Å²) < 4.78 is 0. The molecule has 0 atom stereocenters. The van der Waals surface area contributed by atoms with E-state index in [2.05, 4.69) is 15.3 Å². The van der Waals surface area contributed by atoms with Crippen LogP contribution in [0.2, 0.25) is 0 Å². The number of fused-ring (bicyclic) bond motifs is 1. The molecule has 2 aromatic carbocycles. The number of nitrogens with zero attached hydrogens (tertiary/aromatic N) is 1. The first-order valence-corrected chi connectivity index (χ1v) is 10.9. The Labute approximate surface area is 176 Å². The summed E-state index contributed by atoms with van der Waals surface area (Å²) in [6.07, 6.45) is 0. The molecule has 0 radical (unpaired) electrons. The van der Waals surface area contributed by atoms with E-state index in [1.807, 2.05) is 67.8 Å². The molecule has 1 amide bonds. The molecule has 0 aliphatic rings. The van der Waals surface area contributed by atoms with Gasteiger partial charge in [-0.25, -0.2) is 4.98 Å². The smallest absolute Gasteiger partial charge is 0.260 e. The Hall–Kier alpha value is -2.90. The average Bonchev–Trinajstić information content (AvgIpc) is 3.12. The third-order valence-electron chi connectivity index (χ3n) is 4.43. The fraction of sp³-hybridized carbons (Fsp3) is 0.136. The number of H-pyrrole nitrogens is 1. The number of aromatic nitrogens is 2. The lowest BCUT2D eigenvalue weighted by atomic mass is 10.1. The molecule has 4 rings (SSSR count). The summed E-state index contributed by atoms with van der Waals surface area (Å²) in [6, 6.07) is 15.7. The number of thioether (sulfide) groups is 1. The molecule has 0 unspecified atom stereocenters. The maximum Gasteiger partial charge on any atom is 0.260 e. The molecular formula is C22H19N3O2S2. The van der Waals surface area contributed by atoms with Crippen molar-refractivity contribution in [1.29, 1.82) is 0 Å². The standard InChI is InChI=1S/C22H19N3O2S2/c1-13-6-8-15(9-7-13)17-11-28-21-19(17)20(27)24-22(25-21)29-12-18(26)23-16-5-3-4-14(2)10-16/h3-11H,12H2,1-2H3,(H,23,26)(H,24,25,27). The number of thiophene rings is 1. The van der Waals surface area contributed by atoms with Crippen LogP contribution in [-0.2, 0) is 4.79 Å². The van der Waals surface area contributed by atoms with Gasteiger partial charge in [0, 0.05) is 16.6 Å². The van der Waals surface area contributed by atoms with Crippen molar-refractivity contribution in [3.63, 3.8) is 0 Å². The molecule has 2 heterocycles. The van der Waals surface area contributed by atoms with E-state index in [0.29, 0.717) is 15.4 Å². The van der Waals surface area contributed by atoms with Gasteiger partial charge in [0.2, 0.25) is 5.91 Å². The van der Waals surface area contributed by atoms with Crippen LogP contribution in [0.25, 0.3) is 21.3 Å². The quantitative estimate of drug-likeness (QED) is 0.351. The van der Waals surface area contributed by atoms with Crippen LogP contribution in [0.5, 0.6) is 0 Å². The van der Waals surface area contributed by atoms with Gasteiger partial charge < -0.3 is 10.3 Å². The van der Waals surface area contributed by atoms with Crippen molar-refractivity contribution in [1.82, 2.24) is 9.97 Å². The fourth-order valence-electron chi connectivity index (χ4n) is 3.00. The van der Waals surface area contributed by atoms with Crippen LogP contribution in [0, 0.1) is 13.8 Å². The maximum absolute atomic E-state index is 12.7. The van der Waals surface area contributed by atoms with Crippen molar-refractivity contribution >= 4 is 44.9 Å². The van der Waals surface area contributed by atoms with Gasteiger partial charge in [-0.2, -0.15) is 0 Å². The molecule has 146 valence electrons. The average molecular weight is 422 g/mol. The van der Waals surface area contributed by atoms with Crippen LogP contribution in [0.1, 0.15) is 11.1 Å². The van der Waals surface area contributed by atoms with Crippen molar-refractivity contribution in [2.24, 2.45) is 0 Å². The third-order valence-corrected chi connectivity index (χ3v) is 6.17. The zero-order valence-electron chi connectivity index (χ0n) is 16.0. The highest BCUT2D eigenvalue weighted by atomic mass is 32.2. The largest absolute Gasteiger partial charge is 0.325 e. The SMILES string of the molecule is Cc1ccc(-c2csc3nc(SCC(=O)Nc4cccc(C)c4)[nH]c(=O)c23)cc1. The topological polar surface area (TPSA) is 74.8 Å². The van der Waals surface area contributed by atoms with Crippen LogP contribution in [0.4, 0.5) is 5.69 Å². The summed E-state index contributed by atoms with van der Waals surface area (Å²) in [7, 11) is 0. The number of rotatable bonds is 5. The van der Waals surface area contributed by atoms with Gasteiger partial charge in [0.25, 0.3) is 5.56 Å². The second-order valence-corrected chi connectivity index (χ2v) is 8.60. The Morgan fingerprint density at radius 1 is 1.14 bits per heavy atom. The predicted octanol–water partition coefficient (Wildman–Crippen LogP) is 5.00. The molecule has 0 spiro atoms. The van der Waals surface area contributed by atoms with Gasteiger partial charge in [0.1, 0.15) is 4.83 Å². The first-order valence-electron chi connectivity index (χ1n) is 9.07. The van der Waals surface area contributed by atoms with Crippen molar-refractivity contribution in [3.8, 4) is 11.1 Å². The molecule has 2 aromatic heterocycles. The number of aryl methyl sites for hydroxylation is 2. The highest BCUT2D eigenvalue weighted by Gasteiger charge is 2.14. The molecule has 29 heavy (non-hydrogen) atoms. The van der Waals surface area contributed by atoms with E-state index in [1.54, 1.807) is 0 Å². The van der Waals surface area contributed by atoms with Gasteiger partial charge in [0.15, 0.2) is 5.16 Å². The second kappa shape index (κ2) is 8.23. The van der Waals surface area contributed by atoms with E-state index < -0.39 is 0 Å². The van der Waals surface area contributed by atoms with Crippen LogP contribution in [0.3, 0.4) is 0 Å². The molecule has 0 aliphatic carbocycles. The van der Waals surface area contributed by atoms with Crippen LogP contribution >= 0.6 is 23.1 Å². The van der Waals surface area contributed by atoms with Gasteiger partial charge >= 0.3 is 0 Å². The van der Waals surface area contributed by atoms with Gasteiger partial charge in [-0.3, -0.25) is 9.59 Å². The fourth-order valence-corrected chi connectivity index (χ4v) is 4.66. The lowest BCUT2D eigenvalue weighted by Crippen LogP contribution is -2.15. The summed E-state index contributed by atoms with van der Waals surface area (Å²) in [5, 5.41) is 5.85. The molecule has 0 fully saturated rings. The Morgan fingerprint density at radius 3 is 2.69 bits per heavy atom. The van der Waals surface area contributed by atoms with Crippen molar-refractivity contribution < 1.29 is 4.79 Å². The molecule has 0 bridgehead atoms. The van der Waals surface area contributed by atoms with E-state index in [4.69, 9.17) is 0 Å². The molecule has 4 aromatic rings. The Morgan fingerprint density at radius 2 is 1.93 bits per heavy atom. The molecule has 0 saturated carbocycles. The summed E-state index contributed by atoms with van der Waals surface area (Å²) in [5.74, 6) is 0.0216. The second-order valence-electron chi connectivity index (χ2n) is 6.77. The van der Waals surface area contributed by atoms with Crippen molar-refractivity contribution in [2.75, 3.05) is 11.1 Å². The number of anilines is 1. The number of carbonyl (C=O) groups excluding carboxylic acids is 1. The minimum Gasteiger partial charge on any atom is -0.325 e. The number of hydrogen-bond acceptors (Lipinski definition) is 5. The van der Waals surface area contributed by atoms with Crippen LogP contribution < -0.4 is 10.9 Å². The summed E-state index contributed by atoms with van der Waals surface area (Å²) in [5.41, 5.74) is 4.69. The van der Waals surface area contributed by atoms with E-state index in [1.165, 1.54) is 28.7 Å². The van der Waals surface area contributed by atoms with E-state index >= 15 is 0 Å². The molecule has 5 nitrogen and oxygen atoms in total. The summed E-state index contributed by atoms with van der Waals surface area (Å²) >= 11 is 2.65. The third kappa shape index (κ3) is 4.41. The summed E-state index contributed by atoms with van der Waals surface area (Å²) in [4.78, 5) is 32.9. The van der Waals surface area contributed by atoms with Crippen LogP contribution in [0.15, 0.2) is 63.9 Å². The predicted molar refractivity (Wildman–Crippen MR) is 121 cm³/mol. The first-order chi connectivity index (χ1) is 14.0. The minimum absolute atomic E-state index is 0.144. The number of aromatic amines is 1. The highest BCUT2D eigenvalue weighted by molar-refractivity contribution is 7.99. The number of hydrogen-bond donors (Lipinski definition) is 2. The monoisotopic (exact) mass is 421 g/mol. The number of nitrogens with one attached hydrogen (secondary N) is 2. The molecule has 2 N–H and O–H groups in total. The van der Waals surface area contributed by atoms with Gasteiger partial charge in [-0.1, -0.05) is 53.7 Å². The molecule has 0 saturated heterocycles. The maximum atomic E-state index is 12.7. The zero-order chi connectivity index (χ0) is 20.4. The zero-order valence-corrected chi connectivity index (χ0v) is 17.6. The lowest BCUT2D eigenvalue weighted by molar-refractivity contribution is -0.113. The van der Waals surface area contributed by atoms with E-state index in [0.717, 1.165) is 22.4 Å². The highest BCUT2D eigenvalue weighted by Crippen LogP contribution is 2.31. The Bertz CT molecular complexity index is 1240. The van der Waals surface area contributed by atoms with E-state index in [9.17, 15) is 9.59 Å². The molecule has 7 heteroatoms. The number of carbonyl (C=O) groups is 1. The Kier molecular flexibility index (Phi) is 5.51. The van der Waals surface area contributed by atoms with Crippen molar-refractivity contribution in [2.45, 2.75) is 19.0 Å². The molecular weight excluding hydrogens is 402 g/mol. The number of amides is 1. The number of benzene rings is 2. The van der Waals surface area contributed by atoms with Gasteiger partial charge in [-0.05, 0) is 37.1 Å². The first kappa shape index (κ1) is 19.4. The van der Waals surface area contributed by atoms with Crippen molar-refractivity contribution in [3.05, 3.63) is 75.4 Å². The lowest BCUT2D eigenvalue weighted by Gasteiger charge is -2.06.